The van der Waals surface area contributed by atoms with Gasteiger partial charge in [-0.05, 0) is 57.1 Å². The normalized spacial score (nSPS) is 14.9. The van der Waals surface area contributed by atoms with Crippen molar-refractivity contribution in [3.63, 3.8) is 0 Å². The van der Waals surface area contributed by atoms with Gasteiger partial charge in [-0.1, -0.05) is 49.6 Å². The highest BCUT2D eigenvalue weighted by Gasteiger charge is 2.26. The number of hydrogen-bond donors (Lipinski definition) is 3. The molecule has 0 spiro atoms. The lowest BCUT2D eigenvalue weighted by Crippen LogP contribution is -2.52. The van der Waals surface area contributed by atoms with E-state index in [1.54, 1.807) is 32.5 Å². The summed E-state index contributed by atoms with van der Waals surface area (Å²) in [6.07, 6.45) is 7.66. The molecule has 2 rings (SSSR count). The van der Waals surface area contributed by atoms with Crippen LogP contribution in [0.3, 0.4) is 0 Å². The maximum atomic E-state index is 13.1. The zero-order chi connectivity index (χ0) is 27.8. The second-order valence-corrected chi connectivity index (χ2v) is 12.6. The highest BCUT2D eigenvalue weighted by molar-refractivity contribution is 7.99. The van der Waals surface area contributed by atoms with E-state index in [1.165, 1.54) is 54.3 Å². The van der Waals surface area contributed by atoms with Crippen molar-refractivity contribution in [2.75, 3.05) is 43.3 Å². The first-order valence-electron chi connectivity index (χ1n) is 13.5. The quantitative estimate of drug-likeness (QED) is 0.216. The van der Waals surface area contributed by atoms with Gasteiger partial charge in [-0.25, -0.2) is 4.79 Å². The lowest BCUT2D eigenvalue weighted by Gasteiger charge is -2.27. The van der Waals surface area contributed by atoms with Crippen LogP contribution in [-0.4, -0.2) is 77.7 Å². The SMILES string of the molecule is CSCN(CC(=O)NC(CSCC1CCCCC1)C(=O)NCCNCc1ccccc1)C(=O)OC(C)(C)C. The van der Waals surface area contributed by atoms with Crippen LogP contribution in [0.1, 0.15) is 58.4 Å². The van der Waals surface area contributed by atoms with E-state index in [0.29, 0.717) is 30.6 Å². The second-order valence-electron chi connectivity index (χ2n) is 10.7. The summed E-state index contributed by atoms with van der Waals surface area (Å²) in [5.74, 6) is 1.92. The molecule has 0 aromatic heterocycles. The van der Waals surface area contributed by atoms with Crippen molar-refractivity contribution in [3.05, 3.63) is 35.9 Å². The summed E-state index contributed by atoms with van der Waals surface area (Å²) in [5, 5.41) is 9.16. The Hall–Kier alpha value is -1.91. The van der Waals surface area contributed by atoms with Crippen molar-refractivity contribution in [2.45, 2.75) is 71.1 Å². The minimum absolute atomic E-state index is 0.161. The Morgan fingerprint density at radius 3 is 2.45 bits per heavy atom. The topological polar surface area (TPSA) is 99.8 Å². The first-order valence-corrected chi connectivity index (χ1v) is 16.1. The molecule has 1 aromatic carbocycles. The van der Waals surface area contributed by atoms with E-state index in [9.17, 15) is 14.4 Å². The third kappa shape index (κ3) is 13.8. The van der Waals surface area contributed by atoms with Crippen molar-refractivity contribution in [1.29, 1.82) is 0 Å². The van der Waals surface area contributed by atoms with Gasteiger partial charge in [0.15, 0.2) is 0 Å². The van der Waals surface area contributed by atoms with Crippen LogP contribution in [-0.2, 0) is 20.9 Å². The summed E-state index contributed by atoms with van der Waals surface area (Å²) in [5.41, 5.74) is 0.527. The maximum Gasteiger partial charge on any atom is 0.411 e. The average Bonchev–Trinajstić information content (AvgIpc) is 2.88. The van der Waals surface area contributed by atoms with Gasteiger partial charge in [0.25, 0.3) is 0 Å². The number of benzene rings is 1. The van der Waals surface area contributed by atoms with Gasteiger partial charge in [-0.15, -0.1) is 11.8 Å². The van der Waals surface area contributed by atoms with E-state index in [0.717, 1.165) is 12.3 Å². The van der Waals surface area contributed by atoms with Gasteiger partial charge >= 0.3 is 6.09 Å². The van der Waals surface area contributed by atoms with Crippen LogP contribution >= 0.6 is 23.5 Å². The summed E-state index contributed by atoms with van der Waals surface area (Å²) in [6.45, 7) is 7.02. The van der Waals surface area contributed by atoms with Crippen LogP contribution in [0.5, 0.6) is 0 Å². The Labute approximate surface area is 237 Å². The molecular formula is C28H46N4O4S2. The highest BCUT2D eigenvalue weighted by Crippen LogP contribution is 2.27. The average molecular weight is 567 g/mol. The van der Waals surface area contributed by atoms with Crippen LogP contribution < -0.4 is 16.0 Å². The smallest absolute Gasteiger partial charge is 0.411 e. The van der Waals surface area contributed by atoms with Crippen molar-refractivity contribution in [2.24, 2.45) is 5.92 Å². The van der Waals surface area contributed by atoms with E-state index < -0.39 is 17.7 Å². The van der Waals surface area contributed by atoms with Crippen molar-refractivity contribution < 1.29 is 19.1 Å². The second kappa shape index (κ2) is 17.6. The van der Waals surface area contributed by atoms with Gasteiger partial charge in [0.05, 0.1) is 5.88 Å². The largest absolute Gasteiger partial charge is 0.444 e. The summed E-state index contributed by atoms with van der Waals surface area (Å²) in [4.78, 5) is 39.9. The molecule has 1 aromatic rings. The van der Waals surface area contributed by atoms with E-state index in [4.69, 9.17) is 4.74 Å². The molecule has 1 aliphatic carbocycles. The molecule has 214 valence electrons. The van der Waals surface area contributed by atoms with Gasteiger partial charge < -0.3 is 20.7 Å². The fourth-order valence-corrected chi connectivity index (χ4v) is 5.96. The third-order valence-electron chi connectivity index (χ3n) is 6.06. The van der Waals surface area contributed by atoms with Gasteiger partial charge in [-0.3, -0.25) is 14.5 Å². The summed E-state index contributed by atoms with van der Waals surface area (Å²) < 4.78 is 5.45. The molecule has 0 bridgehead atoms. The van der Waals surface area contributed by atoms with E-state index in [1.807, 2.05) is 24.5 Å². The summed E-state index contributed by atoms with van der Waals surface area (Å²) in [6, 6.07) is 9.43. The molecule has 1 unspecified atom stereocenters. The zero-order valence-corrected chi connectivity index (χ0v) is 25.1. The van der Waals surface area contributed by atoms with Crippen molar-refractivity contribution in [3.8, 4) is 0 Å². The molecule has 0 heterocycles. The van der Waals surface area contributed by atoms with E-state index in [-0.39, 0.29) is 18.4 Å². The Morgan fingerprint density at radius 1 is 1.08 bits per heavy atom. The minimum atomic E-state index is -0.667. The Balaban J connectivity index is 1.88. The third-order valence-corrected chi connectivity index (χ3v) is 7.90. The standard InChI is InChI=1S/C28H46N4O4S2/c1-28(2,3)36-27(35)32(21-37-4)18-25(33)31-24(20-38-19-23-13-9-6-10-14-23)26(34)30-16-15-29-17-22-11-7-5-8-12-22/h5,7-8,11-12,23-24,29H,6,9-10,13-21H2,1-4H3,(H,30,34)(H,31,33). The fraction of sp³-hybridized carbons (Fsp3) is 0.679. The Kier molecular flexibility index (Phi) is 15.0. The maximum absolute atomic E-state index is 13.1. The number of amides is 3. The highest BCUT2D eigenvalue weighted by atomic mass is 32.2. The lowest BCUT2D eigenvalue weighted by molar-refractivity contribution is -0.128. The molecule has 0 saturated heterocycles. The van der Waals surface area contributed by atoms with Crippen molar-refractivity contribution in [1.82, 2.24) is 20.9 Å². The molecule has 3 amide bonds. The Morgan fingerprint density at radius 2 is 1.79 bits per heavy atom. The van der Waals surface area contributed by atoms with Gasteiger partial charge in [0.2, 0.25) is 11.8 Å². The minimum Gasteiger partial charge on any atom is -0.444 e. The number of nitrogens with zero attached hydrogens (tertiary/aromatic N) is 1. The molecular weight excluding hydrogens is 520 g/mol. The number of hydrogen-bond acceptors (Lipinski definition) is 7. The predicted molar refractivity (Wildman–Crippen MR) is 158 cm³/mol. The van der Waals surface area contributed by atoms with Crippen molar-refractivity contribution >= 4 is 41.4 Å². The number of ether oxygens (including phenoxy) is 1. The molecule has 0 aliphatic heterocycles. The van der Waals surface area contributed by atoms with E-state index >= 15 is 0 Å². The van der Waals surface area contributed by atoms with Crippen LogP contribution in [0.4, 0.5) is 4.79 Å². The first kappa shape index (κ1) is 32.3. The molecule has 0 radical (unpaired) electrons. The number of rotatable bonds is 15. The molecule has 8 nitrogen and oxygen atoms in total. The molecule has 1 atom stereocenters. The molecule has 1 aliphatic rings. The predicted octanol–water partition coefficient (Wildman–Crippen LogP) is 4.25. The Bertz CT molecular complexity index is 845. The molecule has 1 saturated carbocycles. The van der Waals surface area contributed by atoms with Crippen LogP contribution in [0, 0.1) is 5.92 Å². The van der Waals surface area contributed by atoms with Crippen LogP contribution in [0.25, 0.3) is 0 Å². The van der Waals surface area contributed by atoms with Crippen LogP contribution in [0.15, 0.2) is 30.3 Å². The summed E-state index contributed by atoms with van der Waals surface area (Å²) >= 11 is 3.15. The lowest BCUT2D eigenvalue weighted by atomic mass is 9.91. The first-order chi connectivity index (χ1) is 18.2. The van der Waals surface area contributed by atoms with Gasteiger partial charge in [0.1, 0.15) is 18.2 Å². The molecule has 38 heavy (non-hydrogen) atoms. The van der Waals surface area contributed by atoms with Gasteiger partial charge in [-0.2, -0.15) is 11.8 Å². The zero-order valence-electron chi connectivity index (χ0n) is 23.4. The summed E-state index contributed by atoms with van der Waals surface area (Å²) in [7, 11) is 0. The van der Waals surface area contributed by atoms with Crippen LogP contribution in [0.2, 0.25) is 0 Å². The molecule has 10 heteroatoms. The number of nitrogens with one attached hydrogen (secondary N) is 3. The van der Waals surface area contributed by atoms with E-state index in [2.05, 4.69) is 28.1 Å². The monoisotopic (exact) mass is 566 g/mol. The molecule has 1 fully saturated rings. The molecule has 3 N–H and O–H groups in total. The fourth-order valence-electron chi connectivity index (χ4n) is 4.17. The number of carbonyl (C=O) groups excluding carboxylic acids is 3. The number of thioether (sulfide) groups is 2. The number of carbonyl (C=O) groups is 3. The van der Waals surface area contributed by atoms with Gasteiger partial charge in [0, 0.05) is 25.4 Å².